The van der Waals surface area contributed by atoms with Crippen molar-refractivity contribution in [1.82, 2.24) is 19.9 Å². The highest BCUT2D eigenvalue weighted by Crippen LogP contribution is 2.23. The van der Waals surface area contributed by atoms with E-state index in [0.717, 1.165) is 5.76 Å². The fourth-order valence-electron chi connectivity index (χ4n) is 2.67. The highest BCUT2D eigenvalue weighted by molar-refractivity contribution is 5.95. The van der Waals surface area contributed by atoms with Gasteiger partial charge in [0, 0.05) is 25.2 Å². The Morgan fingerprint density at radius 2 is 2.36 bits per heavy atom. The molecule has 1 unspecified atom stereocenters. The first-order chi connectivity index (χ1) is 10.6. The average Bonchev–Trinajstić information content (AvgIpc) is 3.17. The van der Waals surface area contributed by atoms with Gasteiger partial charge in [-0.3, -0.25) is 4.79 Å². The van der Waals surface area contributed by atoms with Crippen LogP contribution < -0.4 is 0 Å². The maximum Gasteiger partial charge on any atom is 0.257 e. The number of carbonyl (C=O) groups excluding carboxylic acids is 1. The van der Waals surface area contributed by atoms with Gasteiger partial charge in [-0.15, -0.1) is 5.10 Å². The summed E-state index contributed by atoms with van der Waals surface area (Å²) < 4.78 is 12.9. The molecule has 7 heteroatoms. The van der Waals surface area contributed by atoms with Gasteiger partial charge < -0.3 is 14.1 Å². The third-order valence-corrected chi connectivity index (χ3v) is 3.74. The molecule has 1 amide bonds. The maximum atomic E-state index is 12.7. The van der Waals surface area contributed by atoms with Crippen molar-refractivity contribution in [3.63, 3.8) is 0 Å². The zero-order valence-corrected chi connectivity index (χ0v) is 12.8. The van der Waals surface area contributed by atoms with Crippen molar-refractivity contribution in [2.45, 2.75) is 32.4 Å². The van der Waals surface area contributed by atoms with E-state index >= 15 is 0 Å². The van der Waals surface area contributed by atoms with Crippen molar-refractivity contribution in [3.05, 3.63) is 36.0 Å². The van der Waals surface area contributed by atoms with Crippen molar-refractivity contribution in [1.29, 1.82) is 0 Å². The highest BCUT2D eigenvalue weighted by Gasteiger charge is 2.28. The smallest absolute Gasteiger partial charge is 0.257 e. The summed E-state index contributed by atoms with van der Waals surface area (Å²) in [7, 11) is 0. The molecule has 0 aromatic carbocycles. The molecule has 1 saturated heterocycles. The predicted molar refractivity (Wildman–Crippen MR) is 78.5 cm³/mol. The number of carbonyl (C=O) groups is 1. The van der Waals surface area contributed by atoms with Crippen molar-refractivity contribution in [2.24, 2.45) is 0 Å². The van der Waals surface area contributed by atoms with Gasteiger partial charge in [-0.2, -0.15) is 0 Å². The van der Waals surface area contributed by atoms with Crippen molar-refractivity contribution in [2.75, 3.05) is 19.7 Å². The second-order valence-electron chi connectivity index (χ2n) is 5.72. The van der Waals surface area contributed by atoms with Gasteiger partial charge in [0.2, 0.25) is 0 Å². The monoisotopic (exact) mass is 304 g/mol. The van der Waals surface area contributed by atoms with Gasteiger partial charge in [0.05, 0.1) is 37.3 Å². The molecule has 7 nitrogen and oxygen atoms in total. The first kappa shape index (κ1) is 14.8. The minimum atomic E-state index is -0.0752. The van der Waals surface area contributed by atoms with E-state index in [0.29, 0.717) is 31.8 Å². The Labute approximate surface area is 128 Å². The maximum absolute atomic E-state index is 12.7. The first-order valence-corrected chi connectivity index (χ1v) is 7.47. The van der Waals surface area contributed by atoms with Crippen molar-refractivity contribution in [3.8, 4) is 0 Å². The molecule has 118 valence electrons. The Morgan fingerprint density at radius 1 is 1.50 bits per heavy atom. The number of rotatable bonds is 4. The van der Waals surface area contributed by atoms with E-state index in [1.165, 1.54) is 0 Å². The summed E-state index contributed by atoms with van der Waals surface area (Å²) in [5.41, 5.74) is 0.649. The van der Waals surface area contributed by atoms with Crippen LogP contribution in [0.3, 0.4) is 0 Å². The molecule has 22 heavy (non-hydrogen) atoms. The lowest BCUT2D eigenvalue weighted by Gasteiger charge is -2.32. The van der Waals surface area contributed by atoms with Crippen LogP contribution in [-0.4, -0.2) is 51.6 Å². The summed E-state index contributed by atoms with van der Waals surface area (Å²) in [6.45, 7) is 6.29. The van der Waals surface area contributed by atoms with Crippen LogP contribution in [0.2, 0.25) is 0 Å². The Balaban J connectivity index is 1.68. The van der Waals surface area contributed by atoms with Gasteiger partial charge in [0.15, 0.2) is 0 Å². The van der Waals surface area contributed by atoms with Gasteiger partial charge in [-0.05, 0) is 6.07 Å². The zero-order chi connectivity index (χ0) is 15.5. The third kappa shape index (κ3) is 3.04. The van der Waals surface area contributed by atoms with Crippen LogP contribution in [0, 0.1) is 0 Å². The van der Waals surface area contributed by atoms with Crippen LogP contribution >= 0.6 is 0 Å². The van der Waals surface area contributed by atoms with Gasteiger partial charge in [-0.25, -0.2) is 4.68 Å². The molecule has 1 fully saturated rings. The SMILES string of the molecule is CC(C)c1occc1C(=O)N1CCOC(Cn2ccnn2)C1. The lowest BCUT2D eigenvalue weighted by molar-refractivity contribution is -0.0302. The third-order valence-electron chi connectivity index (χ3n) is 3.74. The normalized spacial score (nSPS) is 18.9. The topological polar surface area (TPSA) is 73.4 Å². The highest BCUT2D eigenvalue weighted by atomic mass is 16.5. The van der Waals surface area contributed by atoms with E-state index in [1.54, 1.807) is 29.4 Å². The number of nitrogens with zero attached hydrogens (tertiary/aromatic N) is 4. The average molecular weight is 304 g/mol. The van der Waals surface area contributed by atoms with E-state index in [1.807, 2.05) is 18.7 Å². The molecular weight excluding hydrogens is 284 g/mol. The van der Waals surface area contributed by atoms with Crippen molar-refractivity contribution >= 4 is 5.91 Å². The minimum Gasteiger partial charge on any atom is -0.468 e. The summed E-state index contributed by atoms with van der Waals surface area (Å²) in [5, 5.41) is 7.71. The molecule has 0 spiro atoms. The van der Waals surface area contributed by atoms with Gasteiger partial charge in [0.25, 0.3) is 5.91 Å². The lowest BCUT2D eigenvalue weighted by atomic mass is 10.1. The van der Waals surface area contributed by atoms with Crippen molar-refractivity contribution < 1.29 is 13.9 Å². The van der Waals surface area contributed by atoms with Gasteiger partial charge in [-0.1, -0.05) is 19.1 Å². The number of ether oxygens (including phenoxy) is 1. The molecule has 0 aliphatic carbocycles. The number of aromatic nitrogens is 3. The molecule has 1 aliphatic rings. The molecule has 3 heterocycles. The standard InChI is InChI=1S/C15H20N4O3/c1-11(2)14-13(3-7-22-14)15(20)18-6-8-21-12(9-18)10-19-5-4-16-17-19/h3-5,7,11-12H,6,8-10H2,1-2H3. The number of amides is 1. The molecule has 0 N–H and O–H groups in total. The summed E-state index contributed by atoms with van der Waals surface area (Å²) in [4.78, 5) is 14.5. The lowest BCUT2D eigenvalue weighted by Crippen LogP contribution is -2.47. The minimum absolute atomic E-state index is 0.00402. The first-order valence-electron chi connectivity index (χ1n) is 7.47. The van der Waals surface area contributed by atoms with E-state index in [4.69, 9.17) is 9.15 Å². The summed E-state index contributed by atoms with van der Waals surface area (Å²) in [6.07, 6.45) is 4.92. The summed E-state index contributed by atoms with van der Waals surface area (Å²) >= 11 is 0. The fourth-order valence-corrected chi connectivity index (χ4v) is 2.67. The molecule has 0 saturated carbocycles. The van der Waals surface area contributed by atoms with Gasteiger partial charge in [0.1, 0.15) is 5.76 Å². The number of hydrogen-bond acceptors (Lipinski definition) is 5. The molecule has 0 radical (unpaired) electrons. The van der Waals surface area contributed by atoms with Crippen LogP contribution in [0.25, 0.3) is 0 Å². The van der Waals surface area contributed by atoms with E-state index in [-0.39, 0.29) is 17.9 Å². The summed E-state index contributed by atoms with van der Waals surface area (Å²) in [6, 6.07) is 1.75. The molecule has 3 rings (SSSR count). The van der Waals surface area contributed by atoms with Crippen LogP contribution in [0.15, 0.2) is 29.1 Å². The molecule has 2 aromatic rings. The van der Waals surface area contributed by atoms with E-state index < -0.39 is 0 Å². The second-order valence-corrected chi connectivity index (χ2v) is 5.72. The molecule has 1 aliphatic heterocycles. The predicted octanol–water partition coefficient (Wildman–Crippen LogP) is 1.54. The molecule has 0 bridgehead atoms. The zero-order valence-electron chi connectivity index (χ0n) is 12.8. The van der Waals surface area contributed by atoms with Crippen LogP contribution in [-0.2, 0) is 11.3 Å². The summed E-state index contributed by atoms with van der Waals surface area (Å²) in [5.74, 6) is 0.926. The van der Waals surface area contributed by atoms with E-state index in [9.17, 15) is 4.79 Å². The molecule has 1 atom stereocenters. The Kier molecular flexibility index (Phi) is 4.24. The largest absolute Gasteiger partial charge is 0.468 e. The Bertz CT molecular complexity index is 621. The number of morpholine rings is 1. The molecule has 2 aromatic heterocycles. The Hall–Kier alpha value is -2.15. The quantitative estimate of drug-likeness (QED) is 0.856. The van der Waals surface area contributed by atoms with Gasteiger partial charge >= 0.3 is 0 Å². The number of hydrogen-bond donors (Lipinski definition) is 0. The van der Waals surface area contributed by atoms with Crippen LogP contribution in [0.1, 0.15) is 35.9 Å². The fraction of sp³-hybridized carbons (Fsp3) is 0.533. The van der Waals surface area contributed by atoms with E-state index in [2.05, 4.69) is 10.3 Å². The van der Waals surface area contributed by atoms with Crippen LogP contribution in [0.5, 0.6) is 0 Å². The number of furan rings is 1. The Morgan fingerprint density at radius 3 is 3.09 bits per heavy atom. The molecular formula is C15H20N4O3. The second kappa shape index (κ2) is 6.31. The van der Waals surface area contributed by atoms with Crippen LogP contribution in [0.4, 0.5) is 0 Å².